The Morgan fingerprint density at radius 1 is 1.00 bits per heavy atom. The summed E-state index contributed by atoms with van der Waals surface area (Å²) >= 11 is 0. The van der Waals surface area contributed by atoms with Gasteiger partial charge < -0.3 is 4.74 Å². The maximum atomic E-state index is 4.94. The molecule has 0 amide bonds. The van der Waals surface area contributed by atoms with Crippen molar-refractivity contribution in [2.24, 2.45) is 0 Å². The van der Waals surface area contributed by atoms with Crippen LogP contribution in [0.5, 0.6) is 0 Å². The third kappa shape index (κ3) is 1.81. The van der Waals surface area contributed by atoms with Crippen molar-refractivity contribution < 1.29 is 21.8 Å². The maximum absolute atomic E-state index is 4.94. The summed E-state index contributed by atoms with van der Waals surface area (Å²) in [6, 6.07) is 0. The van der Waals surface area contributed by atoms with Crippen LogP contribution >= 0.6 is 0 Å². The molecule has 6 heavy (non-hydrogen) atoms. The third-order valence-electron chi connectivity index (χ3n) is 0.827. The molecule has 0 unspecified atom stereocenters. The molecule has 1 nitrogen and oxygen atoms in total. The van der Waals surface area contributed by atoms with Gasteiger partial charge in [0.2, 0.25) is 0 Å². The fourth-order valence-electron chi connectivity index (χ4n) is 0.510. The second-order valence-electron chi connectivity index (χ2n) is 1.32. The van der Waals surface area contributed by atoms with Crippen LogP contribution in [0.25, 0.3) is 0 Å². The first-order valence-corrected chi connectivity index (χ1v) is 2.08. The molecule has 0 aromatic carbocycles. The van der Waals surface area contributed by atoms with Crippen LogP contribution in [-0.4, -0.2) is 13.2 Å². The molecule has 2 heteroatoms. The molecule has 0 saturated carbocycles. The Morgan fingerprint density at radius 2 is 1.50 bits per heavy atom. The second kappa shape index (κ2) is 3.66. The van der Waals surface area contributed by atoms with Gasteiger partial charge in [0, 0.05) is 30.3 Å². The summed E-state index contributed by atoms with van der Waals surface area (Å²) in [6.07, 6.45) is 2.56. The minimum atomic E-state index is 0. The van der Waals surface area contributed by atoms with E-state index in [-0.39, 0.29) is 17.1 Å². The van der Waals surface area contributed by atoms with Crippen molar-refractivity contribution in [2.75, 3.05) is 13.2 Å². The van der Waals surface area contributed by atoms with E-state index in [9.17, 15) is 0 Å². The van der Waals surface area contributed by atoms with E-state index < -0.39 is 0 Å². The predicted molar refractivity (Wildman–Crippen MR) is 20.1 cm³/mol. The second-order valence-corrected chi connectivity index (χ2v) is 1.32. The van der Waals surface area contributed by atoms with Crippen molar-refractivity contribution in [3.63, 3.8) is 0 Å². The molecule has 0 atom stereocenters. The Bertz CT molecular complexity index is 19.1. The van der Waals surface area contributed by atoms with Crippen LogP contribution < -0.4 is 0 Å². The van der Waals surface area contributed by atoms with Crippen molar-refractivity contribution in [1.29, 1.82) is 0 Å². The van der Waals surface area contributed by atoms with Crippen molar-refractivity contribution in [1.82, 2.24) is 0 Å². The summed E-state index contributed by atoms with van der Waals surface area (Å²) < 4.78 is 4.94. The fourth-order valence-corrected chi connectivity index (χ4v) is 0.510. The molecule has 38 valence electrons. The number of rotatable bonds is 0. The van der Waals surface area contributed by atoms with Gasteiger partial charge in [-0.3, -0.25) is 0 Å². The van der Waals surface area contributed by atoms with E-state index in [1.54, 1.807) is 0 Å². The standard InChI is InChI=1S/C4H8O.Fe/c1-2-4-5-3-1;/h1-4H2;. The van der Waals surface area contributed by atoms with E-state index in [1.807, 2.05) is 0 Å². The van der Waals surface area contributed by atoms with Gasteiger partial charge in [-0.2, -0.15) is 0 Å². The summed E-state index contributed by atoms with van der Waals surface area (Å²) in [6.45, 7) is 2.00. The Kier molecular flexibility index (Phi) is 3.95. The van der Waals surface area contributed by atoms with Gasteiger partial charge in [-0.05, 0) is 12.8 Å². The largest absolute Gasteiger partial charge is 0.381 e. The zero-order valence-corrected chi connectivity index (χ0v) is 4.69. The molecule has 1 fully saturated rings. The van der Waals surface area contributed by atoms with Crippen LogP contribution in [0.15, 0.2) is 0 Å². The molecule has 1 aliphatic rings. The van der Waals surface area contributed by atoms with Crippen molar-refractivity contribution >= 4 is 0 Å². The van der Waals surface area contributed by atoms with Crippen molar-refractivity contribution in [2.45, 2.75) is 12.8 Å². The van der Waals surface area contributed by atoms with Gasteiger partial charge in [-0.1, -0.05) is 0 Å². The first-order valence-electron chi connectivity index (χ1n) is 2.08. The van der Waals surface area contributed by atoms with Crippen LogP contribution in [0.3, 0.4) is 0 Å². The Labute approximate surface area is 48.5 Å². The first kappa shape index (κ1) is 6.48. The molecule has 0 aromatic heterocycles. The molecule has 1 heterocycles. The van der Waals surface area contributed by atoms with Gasteiger partial charge >= 0.3 is 0 Å². The average molecular weight is 128 g/mol. The number of hydrogen-bond acceptors (Lipinski definition) is 1. The van der Waals surface area contributed by atoms with Gasteiger partial charge in [0.1, 0.15) is 0 Å². The maximum Gasteiger partial charge on any atom is 0.0466 e. The Hall–Kier alpha value is 0.479. The summed E-state index contributed by atoms with van der Waals surface area (Å²) in [7, 11) is 0. The van der Waals surface area contributed by atoms with Gasteiger partial charge in [-0.15, -0.1) is 0 Å². The minimum Gasteiger partial charge on any atom is -0.381 e. The molecule has 0 aromatic rings. The van der Waals surface area contributed by atoms with Gasteiger partial charge in [0.15, 0.2) is 0 Å². The SMILES string of the molecule is C1CCOC1.[Fe]. The molecule has 1 rings (SSSR count). The molecular weight excluding hydrogens is 120 g/mol. The van der Waals surface area contributed by atoms with Gasteiger partial charge in [-0.25, -0.2) is 0 Å². The predicted octanol–water partition coefficient (Wildman–Crippen LogP) is 0.794. The zero-order chi connectivity index (χ0) is 3.54. The fraction of sp³-hybridized carbons (Fsp3) is 1.00. The van der Waals surface area contributed by atoms with E-state index >= 15 is 0 Å². The quantitative estimate of drug-likeness (QED) is 0.438. The van der Waals surface area contributed by atoms with Crippen LogP contribution in [0.1, 0.15) is 12.8 Å². The van der Waals surface area contributed by atoms with E-state index in [0.717, 1.165) is 13.2 Å². The molecule has 0 bridgehead atoms. The molecule has 0 radical (unpaired) electrons. The molecule has 0 N–H and O–H groups in total. The Morgan fingerprint density at radius 3 is 1.67 bits per heavy atom. The molecule has 0 spiro atoms. The number of hydrogen-bond donors (Lipinski definition) is 0. The van der Waals surface area contributed by atoms with E-state index in [2.05, 4.69) is 0 Å². The van der Waals surface area contributed by atoms with Gasteiger partial charge in [0.05, 0.1) is 0 Å². The van der Waals surface area contributed by atoms with Crippen LogP contribution in [0.4, 0.5) is 0 Å². The third-order valence-corrected chi connectivity index (χ3v) is 0.827. The van der Waals surface area contributed by atoms with Crippen LogP contribution in [-0.2, 0) is 21.8 Å². The topological polar surface area (TPSA) is 9.23 Å². The minimum absolute atomic E-state index is 0. The Balaban J connectivity index is 0.000000250. The molecular formula is C4H8FeO. The van der Waals surface area contributed by atoms with Crippen molar-refractivity contribution in [3.05, 3.63) is 0 Å². The van der Waals surface area contributed by atoms with Crippen LogP contribution in [0.2, 0.25) is 0 Å². The summed E-state index contributed by atoms with van der Waals surface area (Å²) in [5, 5.41) is 0. The first-order chi connectivity index (χ1) is 2.50. The normalized spacial score (nSPS) is 20.0. The van der Waals surface area contributed by atoms with Gasteiger partial charge in [0.25, 0.3) is 0 Å². The molecule has 1 saturated heterocycles. The zero-order valence-electron chi connectivity index (χ0n) is 3.59. The molecule has 1 aliphatic heterocycles. The van der Waals surface area contributed by atoms with Crippen molar-refractivity contribution in [3.8, 4) is 0 Å². The smallest absolute Gasteiger partial charge is 0.0466 e. The number of ether oxygens (including phenoxy) is 1. The average Bonchev–Trinajstić information content (AvgIpc) is 1.76. The monoisotopic (exact) mass is 128 g/mol. The van der Waals surface area contributed by atoms with E-state index in [0.29, 0.717) is 0 Å². The molecule has 0 aliphatic carbocycles. The summed E-state index contributed by atoms with van der Waals surface area (Å²) in [5.41, 5.74) is 0. The van der Waals surface area contributed by atoms with E-state index in [4.69, 9.17) is 4.74 Å². The summed E-state index contributed by atoms with van der Waals surface area (Å²) in [5.74, 6) is 0. The summed E-state index contributed by atoms with van der Waals surface area (Å²) in [4.78, 5) is 0. The van der Waals surface area contributed by atoms with Crippen LogP contribution in [0, 0.1) is 0 Å². The van der Waals surface area contributed by atoms with E-state index in [1.165, 1.54) is 12.8 Å².